The number of carboxylic acids is 1. The van der Waals surface area contributed by atoms with E-state index < -0.39 is 148 Å². The third kappa shape index (κ3) is 15.0. The van der Waals surface area contributed by atoms with Crippen LogP contribution in [0.15, 0.2) is 18.3 Å². The lowest BCUT2D eigenvalue weighted by atomic mass is 9.87. The van der Waals surface area contributed by atoms with Crippen molar-refractivity contribution in [3.05, 3.63) is 40.7 Å². The van der Waals surface area contributed by atoms with E-state index in [0.717, 1.165) is 32.1 Å². The number of ketones is 1. The maximum atomic E-state index is 13.6. The third-order valence-electron chi connectivity index (χ3n) is 14.0. The van der Waals surface area contributed by atoms with Gasteiger partial charge in [-0.1, -0.05) is 24.5 Å². The molecule has 4 heterocycles. The van der Waals surface area contributed by atoms with Crippen molar-refractivity contribution in [2.24, 2.45) is 0 Å². The van der Waals surface area contributed by atoms with Crippen molar-refractivity contribution < 1.29 is 109 Å². The van der Waals surface area contributed by atoms with Crippen LogP contribution in [0.2, 0.25) is 0 Å². The summed E-state index contributed by atoms with van der Waals surface area (Å²) in [5.74, 6) is -6.80. The van der Waals surface area contributed by atoms with Crippen molar-refractivity contribution in [1.82, 2.24) is 30.9 Å². The Kier molecular flexibility index (Phi) is 21.5. The predicted molar refractivity (Wildman–Crippen MR) is 254 cm³/mol. The van der Waals surface area contributed by atoms with E-state index >= 15 is 0 Å². The molecule has 1 saturated carbocycles. The molecule has 28 heteroatoms. The summed E-state index contributed by atoms with van der Waals surface area (Å²) < 4.78 is 35.5. The molecule has 6 rings (SSSR count). The molecule has 0 bridgehead atoms. The molecular weight excluding hydrogens is 1010 g/mol. The Morgan fingerprint density at radius 1 is 0.868 bits per heavy atom. The van der Waals surface area contributed by atoms with E-state index in [1.165, 1.54) is 23.7 Å². The Morgan fingerprint density at radius 3 is 2.20 bits per heavy atom. The van der Waals surface area contributed by atoms with Gasteiger partial charge in [0.2, 0.25) is 11.8 Å². The number of amides is 3. The second-order valence-electron chi connectivity index (χ2n) is 19.8. The number of benzene rings is 1. The van der Waals surface area contributed by atoms with Gasteiger partial charge in [0.15, 0.2) is 12.6 Å². The Balaban J connectivity index is 1.14. The van der Waals surface area contributed by atoms with E-state index in [1.807, 2.05) is 0 Å². The first kappa shape index (κ1) is 60.3. The molecule has 0 spiro atoms. The first-order chi connectivity index (χ1) is 36.0. The number of Topliss-reactive ketones (excluding diaryl/α,β-unsaturated/α-hetero) is 1. The second kappa shape index (κ2) is 27.1. The number of phenols is 1. The van der Waals surface area contributed by atoms with Gasteiger partial charge in [0.1, 0.15) is 79.1 Å². The van der Waals surface area contributed by atoms with Gasteiger partial charge in [-0.05, 0) is 63.3 Å². The summed E-state index contributed by atoms with van der Waals surface area (Å²) in [6.45, 7) is 1.16. The van der Waals surface area contributed by atoms with Crippen LogP contribution >= 0.6 is 0 Å². The molecule has 2 aromatic rings. The summed E-state index contributed by atoms with van der Waals surface area (Å²) in [6, 6.07) is 1.08. The van der Waals surface area contributed by atoms with E-state index in [-0.39, 0.29) is 54.9 Å². The number of hydrogen-bond acceptors (Lipinski definition) is 23. The number of nitrogens with zero attached hydrogens (tertiary/aromatic N) is 3. The highest BCUT2D eigenvalue weighted by Gasteiger charge is 2.57. The quantitative estimate of drug-likeness (QED) is 0.0443. The van der Waals surface area contributed by atoms with Crippen molar-refractivity contribution in [2.75, 3.05) is 32.9 Å². The molecule has 4 aliphatic rings. The summed E-state index contributed by atoms with van der Waals surface area (Å²) in [5, 5.41) is 136. The number of aliphatic hydroxyl groups excluding tert-OH is 9. The van der Waals surface area contributed by atoms with Gasteiger partial charge < -0.3 is 105 Å². The fourth-order valence-electron chi connectivity index (χ4n) is 9.64. The number of aromatic nitrogens is 3. The standard InChI is InChI=1S/C48H72N6O22/c1-22-14-26(15-23(2)35(22)61)44(68)50-17-29(58)36(62)43-34(51-33(60)19-54-18-27(52-53-54)25-9-5-4-6-10-25)28(57)16-48(76-43,47(69)70)72-21-31-37(63)38(64)40(66)46(74-31)75-42-30(20-55)73-45(41(67)39(42)65)71-13-12-49-32(59)11-7-8-24(3)56/h14-15,18,25,28-31,34,36-43,45-46,55,57-58,61-67H,4-13,16-17,19-21H2,1-3H3,(H,49,59)(H,50,68)(H,51,60)(H,69,70)/t28?,29-,30?,31?,34-,36-,37+,38?,39?,40+,41?,42-,43?,45-,46?,48-/m1/s1. The number of carbonyl (C=O) groups excluding carboxylic acids is 4. The van der Waals surface area contributed by atoms with E-state index in [0.29, 0.717) is 23.2 Å². The molecule has 8 unspecified atom stereocenters. The van der Waals surface area contributed by atoms with Crippen LogP contribution in [0.1, 0.15) is 97.8 Å². The van der Waals surface area contributed by atoms with E-state index in [9.17, 15) is 80.1 Å². The fourth-order valence-corrected chi connectivity index (χ4v) is 9.64. The first-order valence-corrected chi connectivity index (χ1v) is 25.3. The van der Waals surface area contributed by atoms with E-state index in [2.05, 4.69) is 26.3 Å². The van der Waals surface area contributed by atoms with Gasteiger partial charge in [0, 0.05) is 50.0 Å². The minimum Gasteiger partial charge on any atom is -0.507 e. The molecule has 28 nitrogen and oxygen atoms in total. The molecule has 1 aliphatic carbocycles. The number of aliphatic carboxylic acids is 1. The number of nitrogens with one attached hydrogen (secondary N) is 3. The number of aryl methyl sites for hydroxylation is 2. The SMILES string of the molecule is CC(=O)CCCC(=O)NCCO[C@@H]1OC(CO)[C@@H](OC2OC(CO[C@]3(C(=O)O)CC(O)[C@@H](NC(=O)Cn4cc(C5CCCCC5)nn4)C([C@H](O)[C@H](O)CNC(=O)c4cc(C)c(O)c(C)c4)O3)[C@H](O)C(O)[C@@H]2O)C(O)C1O. The largest absolute Gasteiger partial charge is 0.507 e. The highest BCUT2D eigenvalue weighted by atomic mass is 16.8. The van der Waals surface area contributed by atoms with Crippen LogP contribution in [0.3, 0.4) is 0 Å². The van der Waals surface area contributed by atoms with Gasteiger partial charge >= 0.3 is 5.97 Å². The number of aromatic hydroxyl groups is 1. The second-order valence-corrected chi connectivity index (χ2v) is 19.8. The smallest absolute Gasteiger partial charge is 0.364 e. The molecule has 1 aromatic carbocycles. The van der Waals surface area contributed by atoms with Crippen LogP contribution in [0.25, 0.3) is 0 Å². The first-order valence-electron chi connectivity index (χ1n) is 25.3. The zero-order valence-electron chi connectivity index (χ0n) is 42.3. The lowest BCUT2D eigenvalue weighted by molar-refractivity contribution is -0.367. The van der Waals surface area contributed by atoms with Crippen LogP contribution in [0.5, 0.6) is 5.75 Å². The van der Waals surface area contributed by atoms with Crippen molar-refractivity contribution in [2.45, 2.75) is 189 Å². The fraction of sp³-hybridized carbons (Fsp3) is 0.729. The molecule has 16 atom stereocenters. The Labute approximate surface area is 436 Å². The van der Waals surface area contributed by atoms with Crippen molar-refractivity contribution in [1.29, 1.82) is 0 Å². The third-order valence-corrected chi connectivity index (χ3v) is 14.0. The molecule has 0 radical (unpaired) electrons. The highest BCUT2D eigenvalue weighted by molar-refractivity contribution is 5.95. The maximum absolute atomic E-state index is 13.6. The molecular formula is C48H72N6O22. The summed E-state index contributed by atoms with van der Waals surface area (Å²) in [4.78, 5) is 63.2. The molecule has 426 valence electrons. The van der Waals surface area contributed by atoms with Crippen molar-refractivity contribution >= 4 is 29.5 Å². The van der Waals surface area contributed by atoms with Gasteiger partial charge in [-0.15, -0.1) is 5.10 Å². The number of aliphatic hydroxyl groups is 9. The minimum atomic E-state index is -3.00. The Hall–Kier alpha value is -4.89. The van der Waals surface area contributed by atoms with Crippen LogP contribution in [0.4, 0.5) is 0 Å². The van der Waals surface area contributed by atoms with Gasteiger partial charge in [0.05, 0.1) is 43.8 Å². The number of hydrogen-bond donors (Lipinski definition) is 14. The molecule has 3 aliphatic heterocycles. The predicted octanol–water partition coefficient (Wildman–Crippen LogP) is -4.24. The molecule has 3 amide bonds. The zero-order chi connectivity index (χ0) is 55.6. The lowest BCUT2D eigenvalue weighted by Crippen LogP contribution is -2.69. The maximum Gasteiger partial charge on any atom is 0.364 e. The van der Waals surface area contributed by atoms with Crippen LogP contribution in [-0.4, -0.2) is 231 Å². The van der Waals surface area contributed by atoms with Crippen LogP contribution < -0.4 is 16.0 Å². The molecule has 4 fully saturated rings. The van der Waals surface area contributed by atoms with Crippen LogP contribution in [0, 0.1) is 13.8 Å². The molecule has 3 saturated heterocycles. The molecule has 1 aromatic heterocycles. The van der Waals surface area contributed by atoms with E-state index in [4.69, 9.17) is 28.4 Å². The summed E-state index contributed by atoms with van der Waals surface area (Å²) in [7, 11) is 0. The topological polar surface area (TPSA) is 430 Å². The Morgan fingerprint density at radius 2 is 1.54 bits per heavy atom. The number of carboxylic acid groups (broad SMARTS) is 1. The highest BCUT2D eigenvalue weighted by Crippen LogP contribution is 2.36. The van der Waals surface area contributed by atoms with Crippen molar-refractivity contribution in [3.63, 3.8) is 0 Å². The van der Waals surface area contributed by atoms with Gasteiger partial charge in [-0.25, -0.2) is 9.48 Å². The normalized spacial score (nSPS) is 32.0. The number of phenolic OH excluding ortho intramolecular Hbond substituents is 1. The number of ether oxygens (including phenoxy) is 6. The summed E-state index contributed by atoms with van der Waals surface area (Å²) in [5.41, 5.74) is 1.52. The average Bonchev–Trinajstić information content (AvgIpc) is 3.86. The monoisotopic (exact) mass is 1080 g/mol. The molecule has 76 heavy (non-hydrogen) atoms. The van der Waals surface area contributed by atoms with Gasteiger partial charge in [-0.2, -0.15) is 0 Å². The van der Waals surface area contributed by atoms with Crippen LogP contribution in [-0.2, 0) is 54.1 Å². The minimum absolute atomic E-state index is 0.0401. The average molecular weight is 1090 g/mol. The molecule has 14 N–H and O–H groups in total. The number of rotatable bonds is 24. The Bertz CT molecular complexity index is 2260. The van der Waals surface area contributed by atoms with Gasteiger partial charge in [0.25, 0.3) is 11.7 Å². The van der Waals surface area contributed by atoms with Crippen molar-refractivity contribution in [3.8, 4) is 5.75 Å². The number of carbonyl (C=O) groups is 5. The lowest BCUT2D eigenvalue weighted by Gasteiger charge is -2.48. The van der Waals surface area contributed by atoms with Gasteiger partial charge in [-0.3, -0.25) is 14.4 Å². The zero-order valence-corrected chi connectivity index (χ0v) is 42.3. The summed E-state index contributed by atoms with van der Waals surface area (Å²) >= 11 is 0. The van der Waals surface area contributed by atoms with E-state index in [1.54, 1.807) is 20.0 Å². The summed E-state index contributed by atoms with van der Waals surface area (Å²) in [6.07, 6.45) is -20.8.